The molecule has 2 aliphatic rings. The van der Waals surface area contributed by atoms with Crippen molar-refractivity contribution in [3.05, 3.63) is 23.9 Å². The van der Waals surface area contributed by atoms with Gasteiger partial charge < -0.3 is 19.9 Å². The molecule has 1 aromatic heterocycles. The molecule has 2 saturated heterocycles. The van der Waals surface area contributed by atoms with Crippen LogP contribution >= 0.6 is 35.7 Å². The van der Waals surface area contributed by atoms with E-state index in [0.717, 1.165) is 62.4 Å². The quantitative estimate of drug-likeness (QED) is 0.375. The second kappa shape index (κ2) is 10.9. The zero-order valence-electron chi connectivity index (χ0n) is 17.5. The van der Waals surface area contributed by atoms with E-state index in [-0.39, 0.29) is 34.8 Å². The summed E-state index contributed by atoms with van der Waals surface area (Å²) in [4.78, 5) is 14.2. The van der Waals surface area contributed by atoms with Crippen molar-refractivity contribution in [3.8, 4) is 0 Å². The molecule has 3 rings (SSSR count). The van der Waals surface area contributed by atoms with Gasteiger partial charge in [0.2, 0.25) is 0 Å². The molecule has 0 aromatic carbocycles. The molecule has 0 amide bonds. The highest BCUT2D eigenvalue weighted by Crippen LogP contribution is 2.29. The summed E-state index contributed by atoms with van der Waals surface area (Å²) in [7, 11) is 0. The van der Waals surface area contributed by atoms with Crippen LogP contribution in [-0.4, -0.2) is 71.8 Å². The second-order valence-electron chi connectivity index (χ2n) is 7.85. The molecule has 28 heavy (non-hydrogen) atoms. The van der Waals surface area contributed by atoms with E-state index in [0.29, 0.717) is 6.54 Å². The number of hydrogen-bond donors (Lipinski definition) is 1. The first-order valence-electron chi connectivity index (χ1n) is 9.95. The molecule has 8 heteroatoms. The van der Waals surface area contributed by atoms with Crippen LogP contribution in [0, 0.1) is 0 Å². The van der Waals surface area contributed by atoms with Crippen LogP contribution in [0.1, 0.15) is 33.3 Å². The lowest BCUT2D eigenvalue weighted by molar-refractivity contribution is 0.0529. The Morgan fingerprint density at radius 1 is 1.39 bits per heavy atom. The van der Waals surface area contributed by atoms with Crippen LogP contribution in [0.25, 0.3) is 0 Å². The Kier molecular flexibility index (Phi) is 9.14. The minimum Gasteiger partial charge on any atom is -0.375 e. The Labute approximate surface area is 190 Å². The summed E-state index contributed by atoms with van der Waals surface area (Å²) >= 11 is 2.04. The molecule has 1 unspecified atom stereocenters. The maximum Gasteiger partial charge on any atom is 0.194 e. The lowest BCUT2D eigenvalue weighted by atomic mass is 10.2. The summed E-state index contributed by atoms with van der Waals surface area (Å²) in [6.45, 7) is 15.0. The predicted octanol–water partition coefficient (Wildman–Crippen LogP) is 3.22. The lowest BCUT2D eigenvalue weighted by Gasteiger charge is -2.39. The number of thioether (sulfide) groups is 1. The van der Waals surface area contributed by atoms with Gasteiger partial charge in [-0.05, 0) is 39.3 Å². The summed E-state index contributed by atoms with van der Waals surface area (Å²) < 4.78 is 5.88. The number of nitrogens with one attached hydrogen (secondary N) is 1. The van der Waals surface area contributed by atoms with Crippen molar-refractivity contribution >= 4 is 47.5 Å². The summed E-state index contributed by atoms with van der Waals surface area (Å²) in [6.07, 6.45) is 2.22. The van der Waals surface area contributed by atoms with E-state index in [2.05, 4.69) is 59.9 Å². The number of guanidine groups is 1. The smallest absolute Gasteiger partial charge is 0.194 e. The van der Waals surface area contributed by atoms with E-state index in [4.69, 9.17) is 9.73 Å². The third-order valence-corrected chi connectivity index (χ3v) is 6.14. The number of aliphatic imine (C=N–C) groups is 1. The van der Waals surface area contributed by atoms with Gasteiger partial charge in [-0.1, -0.05) is 6.07 Å². The molecule has 1 aromatic rings. The zero-order chi connectivity index (χ0) is 19.3. The molecule has 0 radical (unpaired) electrons. The van der Waals surface area contributed by atoms with Gasteiger partial charge in [-0.3, -0.25) is 0 Å². The summed E-state index contributed by atoms with van der Waals surface area (Å²) in [5.41, 5.74) is 1.14. The third kappa shape index (κ3) is 6.66. The summed E-state index contributed by atoms with van der Waals surface area (Å²) in [6, 6.07) is 4.25. The van der Waals surface area contributed by atoms with Gasteiger partial charge in [0.05, 0.1) is 19.3 Å². The molecular weight excluding hydrogens is 485 g/mol. The SMILES string of the molecule is CCNC(=NCc1ccc(N2CCOC(C)C2)nc1)N1CCSC(C)(C)C1.I. The Morgan fingerprint density at radius 2 is 2.21 bits per heavy atom. The fourth-order valence-corrected chi connectivity index (χ4v) is 4.62. The molecule has 2 aliphatic heterocycles. The second-order valence-corrected chi connectivity index (χ2v) is 9.65. The van der Waals surface area contributed by atoms with Crippen LogP contribution < -0.4 is 10.2 Å². The van der Waals surface area contributed by atoms with Crippen LogP contribution in [0.4, 0.5) is 5.82 Å². The molecule has 2 fully saturated rings. The molecule has 0 spiro atoms. The molecule has 158 valence electrons. The summed E-state index contributed by atoms with van der Waals surface area (Å²) in [5.74, 6) is 3.18. The monoisotopic (exact) mass is 519 g/mol. The van der Waals surface area contributed by atoms with E-state index < -0.39 is 0 Å². The number of morpholine rings is 1. The minimum absolute atomic E-state index is 0. The van der Waals surface area contributed by atoms with Gasteiger partial charge in [0.25, 0.3) is 0 Å². The Bertz CT molecular complexity index is 640. The number of nitrogens with zero attached hydrogens (tertiary/aromatic N) is 4. The average Bonchev–Trinajstić information content (AvgIpc) is 2.65. The van der Waals surface area contributed by atoms with E-state index in [1.807, 2.05) is 18.0 Å². The highest BCUT2D eigenvalue weighted by atomic mass is 127. The molecule has 1 N–H and O–H groups in total. The molecular formula is C20H34IN5OS. The van der Waals surface area contributed by atoms with Gasteiger partial charge in [0, 0.05) is 49.4 Å². The maximum atomic E-state index is 5.61. The van der Waals surface area contributed by atoms with Crippen molar-refractivity contribution in [2.45, 2.75) is 45.1 Å². The van der Waals surface area contributed by atoms with Crippen LogP contribution in [-0.2, 0) is 11.3 Å². The number of anilines is 1. The largest absolute Gasteiger partial charge is 0.375 e. The normalized spacial score (nSPS) is 22.6. The third-order valence-electron chi connectivity index (χ3n) is 4.85. The van der Waals surface area contributed by atoms with Crippen LogP contribution in [0.3, 0.4) is 0 Å². The topological polar surface area (TPSA) is 53.0 Å². The zero-order valence-corrected chi connectivity index (χ0v) is 20.6. The highest BCUT2D eigenvalue weighted by molar-refractivity contribution is 14.0. The highest BCUT2D eigenvalue weighted by Gasteiger charge is 2.28. The van der Waals surface area contributed by atoms with E-state index >= 15 is 0 Å². The number of aromatic nitrogens is 1. The van der Waals surface area contributed by atoms with Gasteiger partial charge in [-0.2, -0.15) is 11.8 Å². The van der Waals surface area contributed by atoms with Crippen LogP contribution in [0.2, 0.25) is 0 Å². The van der Waals surface area contributed by atoms with Crippen molar-refractivity contribution in [1.82, 2.24) is 15.2 Å². The van der Waals surface area contributed by atoms with Gasteiger partial charge in [0.15, 0.2) is 5.96 Å². The predicted molar refractivity (Wildman–Crippen MR) is 130 cm³/mol. The van der Waals surface area contributed by atoms with Crippen LogP contribution in [0.15, 0.2) is 23.3 Å². The average molecular weight is 519 g/mol. The Balaban J connectivity index is 0.00000280. The fourth-order valence-electron chi connectivity index (χ4n) is 3.51. The first kappa shape index (κ1) is 23.5. The van der Waals surface area contributed by atoms with E-state index in [9.17, 15) is 0 Å². The Hall–Kier alpha value is -0.740. The minimum atomic E-state index is 0. The van der Waals surface area contributed by atoms with Gasteiger partial charge in [0.1, 0.15) is 5.82 Å². The maximum absolute atomic E-state index is 5.61. The lowest BCUT2D eigenvalue weighted by Crippen LogP contribution is -2.50. The number of pyridine rings is 1. The number of halogens is 1. The van der Waals surface area contributed by atoms with E-state index in [1.54, 1.807) is 0 Å². The number of ether oxygens (including phenoxy) is 1. The van der Waals surface area contributed by atoms with Crippen molar-refractivity contribution in [1.29, 1.82) is 0 Å². The molecule has 6 nitrogen and oxygen atoms in total. The standard InChI is InChI=1S/C20H33N5OS.HI/c1-5-21-19(25-9-11-27-20(3,4)15-25)23-13-17-6-7-18(22-12-17)24-8-10-26-16(2)14-24;/h6-7,12,16H,5,8-11,13-15H2,1-4H3,(H,21,23);1H. The van der Waals surface area contributed by atoms with Crippen LogP contribution in [0.5, 0.6) is 0 Å². The fraction of sp³-hybridized carbons (Fsp3) is 0.700. The van der Waals surface area contributed by atoms with Crippen molar-refractivity contribution in [2.24, 2.45) is 4.99 Å². The number of hydrogen-bond acceptors (Lipinski definition) is 5. The van der Waals surface area contributed by atoms with Gasteiger partial charge in [-0.25, -0.2) is 9.98 Å². The molecule has 0 aliphatic carbocycles. The number of rotatable bonds is 4. The van der Waals surface area contributed by atoms with E-state index in [1.165, 1.54) is 0 Å². The van der Waals surface area contributed by atoms with Crippen molar-refractivity contribution in [3.63, 3.8) is 0 Å². The summed E-state index contributed by atoms with van der Waals surface area (Å²) in [5, 5.41) is 3.45. The molecule has 3 heterocycles. The molecule has 0 saturated carbocycles. The Morgan fingerprint density at radius 3 is 2.86 bits per heavy atom. The first-order valence-corrected chi connectivity index (χ1v) is 10.9. The van der Waals surface area contributed by atoms with Gasteiger partial charge in [-0.15, -0.1) is 24.0 Å². The van der Waals surface area contributed by atoms with Crippen molar-refractivity contribution in [2.75, 3.05) is 50.0 Å². The van der Waals surface area contributed by atoms with Crippen molar-refractivity contribution < 1.29 is 4.74 Å². The first-order chi connectivity index (χ1) is 13.0. The molecule has 0 bridgehead atoms. The molecule has 1 atom stereocenters. The van der Waals surface area contributed by atoms with Gasteiger partial charge >= 0.3 is 0 Å².